The Labute approximate surface area is 112 Å². The number of aliphatic hydroxyl groups is 1. The van der Waals surface area contributed by atoms with Crippen molar-refractivity contribution in [2.45, 2.75) is 38.7 Å². The van der Waals surface area contributed by atoms with E-state index in [-0.39, 0.29) is 18.0 Å². The molecular weight excluding hydrogens is 245 g/mol. The fourth-order valence-electron chi connectivity index (χ4n) is 2.61. The number of aliphatic hydroxyl groups excluding tert-OH is 1. The molecule has 1 aliphatic rings. The van der Waals surface area contributed by atoms with Gasteiger partial charge in [-0.3, -0.25) is 4.79 Å². The molecule has 1 aromatic rings. The van der Waals surface area contributed by atoms with Crippen molar-refractivity contribution in [3.8, 4) is 0 Å². The second-order valence-electron chi connectivity index (χ2n) is 5.31. The summed E-state index contributed by atoms with van der Waals surface area (Å²) in [4.78, 5) is 11.9. The number of amides is 1. The Balaban J connectivity index is 1.91. The van der Waals surface area contributed by atoms with Crippen molar-refractivity contribution in [2.24, 2.45) is 5.92 Å². The maximum absolute atomic E-state index is 13.5. The Hall–Kier alpha value is -1.42. The second kappa shape index (κ2) is 6.15. The number of rotatable bonds is 4. The van der Waals surface area contributed by atoms with E-state index in [2.05, 4.69) is 5.32 Å². The van der Waals surface area contributed by atoms with Gasteiger partial charge in [0.15, 0.2) is 0 Å². The van der Waals surface area contributed by atoms with Crippen molar-refractivity contribution in [1.82, 2.24) is 5.32 Å². The minimum absolute atomic E-state index is 0.0404. The van der Waals surface area contributed by atoms with E-state index in [0.717, 1.165) is 31.2 Å². The van der Waals surface area contributed by atoms with Crippen molar-refractivity contribution in [3.63, 3.8) is 0 Å². The molecule has 1 aliphatic carbocycles. The molecule has 1 saturated carbocycles. The number of hydrogen-bond acceptors (Lipinski definition) is 2. The van der Waals surface area contributed by atoms with Crippen LogP contribution >= 0.6 is 0 Å². The molecule has 1 aromatic carbocycles. The predicted octanol–water partition coefficient (Wildman–Crippen LogP) is 2.42. The molecule has 0 heterocycles. The van der Waals surface area contributed by atoms with Crippen LogP contribution in [0.2, 0.25) is 0 Å². The summed E-state index contributed by atoms with van der Waals surface area (Å²) in [7, 11) is 0. The minimum Gasteiger partial charge on any atom is -0.391 e. The van der Waals surface area contributed by atoms with Crippen LogP contribution in [0, 0.1) is 18.7 Å². The molecule has 1 atom stereocenters. The third-order valence-corrected chi connectivity index (χ3v) is 3.78. The lowest BCUT2D eigenvalue weighted by atomic mass is 10.0. The highest BCUT2D eigenvalue weighted by atomic mass is 19.1. The number of benzene rings is 1. The van der Waals surface area contributed by atoms with Gasteiger partial charge in [0.05, 0.1) is 11.7 Å². The van der Waals surface area contributed by atoms with E-state index in [1.54, 1.807) is 6.07 Å². The number of carbonyl (C=O) groups excluding carboxylic acids is 1. The summed E-state index contributed by atoms with van der Waals surface area (Å²) in [5.41, 5.74) is 0.876. The van der Waals surface area contributed by atoms with E-state index in [4.69, 9.17) is 0 Å². The van der Waals surface area contributed by atoms with Gasteiger partial charge in [-0.1, -0.05) is 24.5 Å². The zero-order valence-electron chi connectivity index (χ0n) is 11.2. The molecule has 1 amide bonds. The maximum atomic E-state index is 13.5. The third kappa shape index (κ3) is 3.53. The van der Waals surface area contributed by atoms with Crippen molar-refractivity contribution < 1.29 is 14.3 Å². The molecule has 104 valence electrons. The highest BCUT2D eigenvalue weighted by Crippen LogP contribution is 2.27. The lowest BCUT2D eigenvalue weighted by Gasteiger charge is -2.18. The molecule has 0 bridgehead atoms. The van der Waals surface area contributed by atoms with E-state index in [9.17, 15) is 14.3 Å². The Kier molecular flexibility index (Phi) is 4.53. The largest absolute Gasteiger partial charge is 0.391 e. The van der Waals surface area contributed by atoms with Crippen LogP contribution < -0.4 is 5.32 Å². The fraction of sp³-hybridized carbons (Fsp3) is 0.533. The van der Waals surface area contributed by atoms with Gasteiger partial charge in [-0.25, -0.2) is 4.39 Å². The summed E-state index contributed by atoms with van der Waals surface area (Å²) in [5.74, 6) is -0.723. The van der Waals surface area contributed by atoms with E-state index in [1.165, 1.54) is 12.1 Å². The van der Waals surface area contributed by atoms with Crippen molar-refractivity contribution in [3.05, 3.63) is 35.1 Å². The monoisotopic (exact) mass is 265 g/mol. The number of halogens is 1. The van der Waals surface area contributed by atoms with E-state index in [0.29, 0.717) is 0 Å². The van der Waals surface area contributed by atoms with Gasteiger partial charge in [-0.2, -0.15) is 0 Å². The summed E-state index contributed by atoms with van der Waals surface area (Å²) >= 11 is 0. The topological polar surface area (TPSA) is 49.3 Å². The van der Waals surface area contributed by atoms with Crippen LogP contribution in [0.4, 0.5) is 4.39 Å². The first-order valence-electron chi connectivity index (χ1n) is 6.80. The van der Waals surface area contributed by atoms with Crippen LogP contribution in [0.1, 0.15) is 41.6 Å². The van der Waals surface area contributed by atoms with Crippen LogP contribution in [0.25, 0.3) is 0 Å². The molecule has 0 radical (unpaired) electrons. The zero-order valence-corrected chi connectivity index (χ0v) is 11.2. The van der Waals surface area contributed by atoms with Crippen molar-refractivity contribution in [2.75, 3.05) is 6.54 Å². The molecular formula is C15H20FNO2. The lowest BCUT2D eigenvalue weighted by Crippen LogP contribution is -2.36. The van der Waals surface area contributed by atoms with Gasteiger partial charge >= 0.3 is 0 Å². The van der Waals surface area contributed by atoms with Gasteiger partial charge in [0.25, 0.3) is 5.91 Å². The zero-order chi connectivity index (χ0) is 13.8. The van der Waals surface area contributed by atoms with Crippen LogP contribution in [0.3, 0.4) is 0 Å². The molecule has 0 aliphatic heterocycles. The summed E-state index contributed by atoms with van der Waals surface area (Å²) in [5, 5.41) is 12.6. The molecule has 0 aromatic heterocycles. The molecule has 1 unspecified atom stereocenters. The van der Waals surface area contributed by atoms with Gasteiger partial charge < -0.3 is 10.4 Å². The van der Waals surface area contributed by atoms with Gasteiger partial charge in [0.2, 0.25) is 0 Å². The first-order valence-corrected chi connectivity index (χ1v) is 6.80. The second-order valence-corrected chi connectivity index (χ2v) is 5.31. The molecule has 1 fully saturated rings. The summed E-state index contributed by atoms with van der Waals surface area (Å²) in [6.07, 6.45) is 3.77. The Bertz CT molecular complexity index is 455. The van der Waals surface area contributed by atoms with Crippen LogP contribution in [-0.4, -0.2) is 23.7 Å². The molecule has 3 nitrogen and oxygen atoms in total. The molecule has 2 rings (SSSR count). The highest BCUT2D eigenvalue weighted by molar-refractivity contribution is 5.94. The van der Waals surface area contributed by atoms with Gasteiger partial charge in [-0.15, -0.1) is 0 Å². The average molecular weight is 265 g/mol. The van der Waals surface area contributed by atoms with Crippen LogP contribution in [0.15, 0.2) is 18.2 Å². The van der Waals surface area contributed by atoms with Gasteiger partial charge in [0.1, 0.15) is 5.82 Å². The van der Waals surface area contributed by atoms with E-state index >= 15 is 0 Å². The Morgan fingerprint density at radius 2 is 2.16 bits per heavy atom. The Morgan fingerprint density at radius 3 is 2.84 bits per heavy atom. The third-order valence-electron chi connectivity index (χ3n) is 3.78. The summed E-state index contributed by atoms with van der Waals surface area (Å²) in [6, 6.07) is 4.43. The first kappa shape index (κ1) is 14.0. The summed E-state index contributed by atoms with van der Waals surface area (Å²) in [6.45, 7) is 2.00. The van der Waals surface area contributed by atoms with Crippen LogP contribution in [-0.2, 0) is 0 Å². The molecule has 19 heavy (non-hydrogen) atoms. The first-order chi connectivity index (χ1) is 9.08. The van der Waals surface area contributed by atoms with E-state index in [1.807, 2.05) is 6.92 Å². The predicted molar refractivity (Wildman–Crippen MR) is 71.4 cm³/mol. The lowest BCUT2D eigenvalue weighted by molar-refractivity contribution is 0.0837. The number of carbonyl (C=O) groups is 1. The maximum Gasteiger partial charge on any atom is 0.254 e. The molecule has 2 N–H and O–H groups in total. The fourth-order valence-corrected chi connectivity index (χ4v) is 2.61. The minimum atomic E-state index is -0.529. The molecule has 4 heteroatoms. The normalized spacial score (nSPS) is 17.4. The number of nitrogens with one attached hydrogen (secondary N) is 1. The Morgan fingerprint density at radius 1 is 1.47 bits per heavy atom. The van der Waals surface area contributed by atoms with Crippen molar-refractivity contribution >= 4 is 5.91 Å². The number of hydrogen-bond donors (Lipinski definition) is 2. The smallest absolute Gasteiger partial charge is 0.254 e. The highest BCUT2D eigenvalue weighted by Gasteiger charge is 2.23. The number of aryl methyl sites for hydroxylation is 1. The van der Waals surface area contributed by atoms with Gasteiger partial charge in [-0.05, 0) is 37.8 Å². The average Bonchev–Trinajstić information content (AvgIpc) is 2.92. The quantitative estimate of drug-likeness (QED) is 0.878. The molecule has 0 spiro atoms. The molecule has 0 saturated heterocycles. The van der Waals surface area contributed by atoms with Gasteiger partial charge in [0, 0.05) is 6.54 Å². The van der Waals surface area contributed by atoms with Crippen molar-refractivity contribution in [1.29, 1.82) is 0 Å². The SMILES string of the molecule is Cc1ccc(F)c(C(=O)NCC(O)C2CCCC2)c1. The summed E-state index contributed by atoms with van der Waals surface area (Å²) < 4.78 is 13.5. The standard InChI is InChI=1S/C15H20FNO2/c1-10-6-7-13(16)12(8-10)15(19)17-9-14(18)11-4-2-3-5-11/h6-8,11,14,18H,2-5,9H2,1H3,(H,17,19). The van der Waals surface area contributed by atoms with Crippen LogP contribution in [0.5, 0.6) is 0 Å². The van der Waals surface area contributed by atoms with E-state index < -0.39 is 17.8 Å².